The molecule has 0 unspecified atom stereocenters. The van der Waals surface area contributed by atoms with E-state index in [1.165, 1.54) is 7.05 Å². The van der Waals surface area contributed by atoms with Gasteiger partial charge in [0.05, 0.1) is 12.1 Å². The fourth-order valence-corrected chi connectivity index (χ4v) is 7.43. The number of carbonyl (C=O) groups excluding carboxylic acids is 4. The number of hydrogen-bond donors (Lipinski definition) is 6. The average Bonchev–Trinajstić information content (AvgIpc) is 3.38. The third kappa shape index (κ3) is 16.5. The van der Waals surface area contributed by atoms with Crippen LogP contribution in [0.15, 0.2) is 158 Å². The maximum atomic E-state index is 13.9. The third-order valence-corrected chi connectivity index (χ3v) is 11.4. The minimum absolute atomic E-state index is 0.0387. The van der Waals surface area contributed by atoms with E-state index in [-0.39, 0.29) is 57.3 Å². The Kier molecular flexibility index (Phi) is 19.7. The number of carbonyl (C=O) groups is 5. The van der Waals surface area contributed by atoms with Crippen molar-refractivity contribution in [1.29, 1.82) is 0 Å². The Balaban J connectivity index is 1.20. The van der Waals surface area contributed by atoms with Crippen LogP contribution >= 0.6 is 11.6 Å². The van der Waals surface area contributed by atoms with Gasteiger partial charge in [-0.1, -0.05) is 145 Å². The van der Waals surface area contributed by atoms with E-state index in [1.54, 1.807) is 84.9 Å². The monoisotopic (exact) mass is 970 g/mol. The van der Waals surface area contributed by atoms with Crippen LogP contribution in [0.1, 0.15) is 39.8 Å². The molecule has 0 aliphatic rings. The van der Waals surface area contributed by atoms with E-state index in [2.05, 4.69) is 21.3 Å². The Morgan fingerprint density at radius 3 is 1.59 bits per heavy atom. The predicted molar refractivity (Wildman–Crippen MR) is 263 cm³/mol. The van der Waals surface area contributed by atoms with Crippen molar-refractivity contribution in [3.05, 3.63) is 196 Å². The molecule has 0 fully saturated rings. The number of alkyl carbamates (subject to hydrolysis) is 2. The number of likely N-dealkylation sites (N-methyl/N-ethyl adjacent to an activating group) is 1. The molecular formula is C54H55ClN4O11. The van der Waals surface area contributed by atoms with E-state index < -0.39 is 54.3 Å². The molecule has 0 heterocycles. The van der Waals surface area contributed by atoms with Crippen molar-refractivity contribution in [2.24, 2.45) is 0 Å². The normalized spacial score (nSPS) is 12.6. The second-order valence-electron chi connectivity index (χ2n) is 16.2. The highest BCUT2D eigenvalue weighted by Crippen LogP contribution is 2.32. The molecule has 70 heavy (non-hydrogen) atoms. The molecular weight excluding hydrogens is 916 g/mol. The lowest BCUT2D eigenvalue weighted by Crippen LogP contribution is -2.52. The van der Waals surface area contributed by atoms with E-state index in [9.17, 15) is 34.2 Å². The van der Waals surface area contributed by atoms with Crippen LogP contribution in [-0.4, -0.2) is 78.1 Å². The van der Waals surface area contributed by atoms with E-state index in [0.29, 0.717) is 28.0 Å². The Labute approximate surface area is 411 Å². The Morgan fingerprint density at radius 2 is 1.04 bits per heavy atom. The lowest BCUT2D eigenvalue weighted by molar-refractivity contribution is -0.149. The fourth-order valence-electron chi connectivity index (χ4n) is 7.23. The lowest BCUT2D eigenvalue weighted by atomic mass is 9.95. The summed E-state index contributed by atoms with van der Waals surface area (Å²) in [6, 6.07) is 43.3. The summed E-state index contributed by atoms with van der Waals surface area (Å²) in [6.45, 7) is -0.110. The maximum Gasteiger partial charge on any atom is 0.408 e. The molecule has 6 aromatic rings. The van der Waals surface area contributed by atoms with Crippen molar-refractivity contribution in [1.82, 2.24) is 21.3 Å². The number of aliphatic carboxylic acids is 1. The summed E-state index contributed by atoms with van der Waals surface area (Å²) in [6.07, 6.45) is -3.24. The second kappa shape index (κ2) is 26.7. The van der Waals surface area contributed by atoms with Crippen LogP contribution in [-0.2, 0) is 67.9 Å². The number of esters is 1. The molecule has 0 aromatic heterocycles. The maximum absolute atomic E-state index is 13.9. The van der Waals surface area contributed by atoms with Crippen molar-refractivity contribution >= 4 is 41.6 Å². The molecule has 6 aromatic carbocycles. The number of carboxylic acids is 1. The van der Waals surface area contributed by atoms with Gasteiger partial charge in [-0.15, -0.1) is 0 Å². The summed E-state index contributed by atoms with van der Waals surface area (Å²) in [4.78, 5) is 65.5. The smallest absolute Gasteiger partial charge is 0.408 e. The summed E-state index contributed by atoms with van der Waals surface area (Å²) in [5, 5.41) is 32.0. The molecule has 0 aliphatic heterocycles. The van der Waals surface area contributed by atoms with Crippen molar-refractivity contribution in [3.8, 4) is 16.9 Å². The van der Waals surface area contributed by atoms with Crippen LogP contribution < -0.4 is 26.0 Å². The van der Waals surface area contributed by atoms with E-state index in [4.69, 9.17) is 30.5 Å². The molecule has 0 bridgehead atoms. The van der Waals surface area contributed by atoms with Gasteiger partial charge in [-0.2, -0.15) is 0 Å². The van der Waals surface area contributed by atoms with Gasteiger partial charge in [0.2, 0.25) is 5.91 Å². The van der Waals surface area contributed by atoms with Crippen molar-refractivity contribution in [2.45, 2.75) is 69.9 Å². The quantitative estimate of drug-likeness (QED) is 0.0257. The van der Waals surface area contributed by atoms with Crippen LogP contribution in [0.3, 0.4) is 0 Å². The first-order chi connectivity index (χ1) is 33.9. The first-order valence-electron chi connectivity index (χ1n) is 22.5. The van der Waals surface area contributed by atoms with Gasteiger partial charge in [0, 0.05) is 24.4 Å². The molecule has 4 atom stereocenters. The van der Waals surface area contributed by atoms with Crippen LogP contribution in [0, 0.1) is 0 Å². The molecule has 15 nitrogen and oxygen atoms in total. The Hall–Kier alpha value is -7.72. The van der Waals surface area contributed by atoms with Gasteiger partial charge in [0.15, 0.2) is 0 Å². The molecule has 0 spiro atoms. The zero-order valence-corrected chi connectivity index (χ0v) is 39.2. The molecule has 0 saturated heterocycles. The summed E-state index contributed by atoms with van der Waals surface area (Å²) < 4.78 is 22.5. The van der Waals surface area contributed by atoms with Gasteiger partial charge in [0.1, 0.15) is 44.3 Å². The highest BCUT2D eigenvalue weighted by molar-refractivity contribution is 6.31. The number of aliphatic hydroxyl groups is 1. The Bertz CT molecular complexity index is 2640. The van der Waals surface area contributed by atoms with Crippen molar-refractivity contribution < 1.29 is 53.1 Å². The van der Waals surface area contributed by atoms with E-state index in [1.807, 2.05) is 72.8 Å². The first-order valence-corrected chi connectivity index (χ1v) is 22.9. The van der Waals surface area contributed by atoms with Gasteiger partial charge in [-0.3, -0.25) is 4.79 Å². The third-order valence-electron chi connectivity index (χ3n) is 11.0. The van der Waals surface area contributed by atoms with Gasteiger partial charge < -0.3 is 50.4 Å². The number of aliphatic hydroxyl groups excluding tert-OH is 1. The topological polar surface area (TPSA) is 211 Å². The standard InChI is InChI=1S/C54H55ClN4O11/c1-56-46(30-44(60)31-57-53(65)69-34-38-18-10-4-11-19-38)50(61)58-48(52(64)68-33-37-16-8-3-9-17-37)28-42-26-40(22-24-45(42)55)41-23-25-49(67-32-36-14-6-2-7-15-36)43(27-41)29-47(51(62)63)59-54(66)70-35-39-20-12-5-13-21-39/h2-27,44,46-48,56,60H,28-35H2,1H3,(H,57,65)(H,58,61)(H,59,66)(H,62,63)/t44-,46+,47+,48+/m1/s1. The lowest BCUT2D eigenvalue weighted by Gasteiger charge is -2.24. The summed E-state index contributed by atoms with van der Waals surface area (Å²) in [5.41, 5.74) is 5.33. The first kappa shape index (κ1) is 51.7. The SMILES string of the molecule is CN[C@@H](C[C@@H](O)CNC(=O)OCc1ccccc1)C(=O)N[C@@H](Cc1cc(-c2ccc(OCc3ccccc3)c(C[C@H](NC(=O)OCc3ccccc3)C(=O)O)c2)ccc1Cl)C(=O)OCc1ccccc1. The zero-order valence-electron chi connectivity index (χ0n) is 38.4. The Morgan fingerprint density at radius 1 is 0.557 bits per heavy atom. The molecule has 0 aliphatic carbocycles. The number of nitrogens with one attached hydrogen (secondary N) is 4. The molecule has 364 valence electrons. The summed E-state index contributed by atoms with van der Waals surface area (Å²) in [5.74, 6) is -2.26. The minimum Gasteiger partial charge on any atom is -0.489 e. The van der Waals surface area contributed by atoms with Crippen LogP contribution in [0.4, 0.5) is 9.59 Å². The number of ether oxygens (including phenoxy) is 4. The van der Waals surface area contributed by atoms with Crippen LogP contribution in [0.5, 0.6) is 5.75 Å². The fraction of sp³-hybridized carbons (Fsp3) is 0.241. The highest BCUT2D eigenvalue weighted by Gasteiger charge is 2.29. The van der Waals surface area contributed by atoms with Gasteiger partial charge in [-0.25, -0.2) is 19.2 Å². The van der Waals surface area contributed by atoms with Crippen molar-refractivity contribution in [3.63, 3.8) is 0 Å². The minimum atomic E-state index is -1.40. The molecule has 6 rings (SSSR count). The molecule has 3 amide bonds. The summed E-state index contributed by atoms with van der Waals surface area (Å²) in [7, 11) is 1.53. The van der Waals surface area contributed by atoms with Gasteiger partial charge >= 0.3 is 24.1 Å². The van der Waals surface area contributed by atoms with Crippen molar-refractivity contribution in [2.75, 3.05) is 13.6 Å². The molecule has 16 heteroatoms. The molecule has 0 saturated carbocycles. The number of halogens is 1. The van der Waals surface area contributed by atoms with E-state index in [0.717, 1.165) is 22.3 Å². The molecule has 6 N–H and O–H groups in total. The van der Waals surface area contributed by atoms with Gasteiger partial charge in [-0.05, 0) is 82.2 Å². The van der Waals surface area contributed by atoms with Crippen LogP contribution in [0.2, 0.25) is 5.02 Å². The largest absolute Gasteiger partial charge is 0.489 e. The number of hydrogen-bond acceptors (Lipinski definition) is 11. The predicted octanol–water partition coefficient (Wildman–Crippen LogP) is 7.54. The van der Waals surface area contributed by atoms with Crippen LogP contribution in [0.25, 0.3) is 11.1 Å². The zero-order chi connectivity index (χ0) is 49.7. The number of benzene rings is 6. The average molecular weight is 972 g/mol. The molecule has 0 radical (unpaired) electrons. The number of rotatable bonds is 24. The number of amides is 3. The highest BCUT2D eigenvalue weighted by atomic mass is 35.5. The van der Waals surface area contributed by atoms with E-state index >= 15 is 0 Å². The summed E-state index contributed by atoms with van der Waals surface area (Å²) >= 11 is 6.80. The second-order valence-corrected chi connectivity index (χ2v) is 16.6. The number of carboxylic acid groups (broad SMARTS) is 1. The van der Waals surface area contributed by atoms with Gasteiger partial charge in [0.25, 0.3) is 0 Å².